The minimum atomic E-state index is -4.14. The van der Waals surface area contributed by atoms with Crippen LogP contribution in [0.3, 0.4) is 0 Å². The van der Waals surface area contributed by atoms with Crippen molar-refractivity contribution in [3.63, 3.8) is 0 Å². The fourth-order valence-electron chi connectivity index (χ4n) is 3.14. The number of nitro benzene ring substituents is 1. The summed E-state index contributed by atoms with van der Waals surface area (Å²) in [6.07, 6.45) is 0.968. The minimum Gasteiger partial charge on any atom is -0.339 e. The fourth-order valence-corrected chi connectivity index (χ4v) is 4.72. The van der Waals surface area contributed by atoms with Crippen LogP contribution in [0, 0.1) is 20.2 Å². The topological polar surface area (TPSA) is 166 Å². The first-order valence-corrected chi connectivity index (χ1v) is 10.4. The second-order valence-corrected chi connectivity index (χ2v) is 8.53. The van der Waals surface area contributed by atoms with Gasteiger partial charge in [-0.15, -0.1) is 0 Å². The monoisotopic (exact) mass is 451 g/mol. The van der Waals surface area contributed by atoms with Gasteiger partial charge in [-0.05, 0) is 6.07 Å². The van der Waals surface area contributed by atoms with E-state index in [1.165, 1.54) is 17.0 Å². The molecular weight excluding hydrogens is 434 g/mol. The predicted octanol–water partition coefficient (Wildman–Crippen LogP) is 0.198. The number of para-hydroxylation sites is 1. The van der Waals surface area contributed by atoms with Gasteiger partial charge in [0.2, 0.25) is 15.9 Å². The summed E-state index contributed by atoms with van der Waals surface area (Å²) < 4.78 is 27.6. The fraction of sp³-hybridized carbons (Fsp3) is 0.294. The molecule has 0 spiro atoms. The summed E-state index contributed by atoms with van der Waals surface area (Å²) in [4.78, 5) is 45.8. The first-order valence-electron chi connectivity index (χ1n) is 8.97. The number of piperazine rings is 1. The molecule has 0 bridgehead atoms. The van der Waals surface area contributed by atoms with Crippen molar-refractivity contribution in [3.8, 4) is 0 Å². The lowest BCUT2D eigenvalue weighted by Gasteiger charge is -2.34. The van der Waals surface area contributed by atoms with Gasteiger partial charge in [0.1, 0.15) is 6.54 Å². The van der Waals surface area contributed by atoms with Crippen LogP contribution >= 0.6 is 0 Å². The number of rotatable bonds is 6. The Hall–Kier alpha value is -3.65. The van der Waals surface area contributed by atoms with E-state index in [-0.39, 0.29) is 31.9 Å². The molecule has 164 valence electrons. The quantitative estimate of drug-likeness (QED) is 0.443. The molecule has 0 N–H and O–H groups in total. The first kappa shape index (κ1) is 22.0. The highest BCUT2D eigenvalue weighted by Crippen LogP contribution is 2.26. The summed E-state index contributed by atoms with van der Waals surface area (Å²) in [6, 6.07) is 7.03. The molecule has 1 fully saturated rings. The molecule has 0 saturated carbocycles. The number of hydrogen-bond donors (Lipinski definition) is 0. The Balaban J connectivity index is 1.70. The van der Waals surface area contributed by atoms with Crippen molar-refractivity contribution in [2.75, 3.05) is 26.2 Å². The maximum absolute atomic E-state index is 12.8. The van der Waals surface area contributed by atoms with E-state index in [1.807, 2.05) is 0 Å². The number of hydrogen-bond acceptors (Lipinski definition) is 8. The molecule has 0 radical (unpaired) electrons. The summed E-state index contributed by atoms with van der Waals surface area (Å²) in [6.45, 7) is -0.615. The highest BCUT2D eigenvalue weighted by Gasteiger charge is 2.34. The molecule has 1 aliphatic heterocycles. The zero-order chi connectivity index (χ0) is 22.8. The molecule has 1 aromatic carbocycles. The lowest BCUT2D eigenvalue weighted by Crippen LogP contribution is -2.51. The minimum absolute atomic E-state index is 0.00235. The van der Waals surface area contributed by atoms with Crippen molar-refractivity contribution in [2.24, 2.45) is 0 Å². The van der Waals surface area contributed by atoms with E-state index in [0.717, 1.165) is 39.3 Å². The van der Waals surface area contributed by atoms with E-state index in [4.69, 9.17) is 0 Å². The van der Waals surface area contributed by atoms with Gasteiger partial charge in [-0.1, -0.05) is 12.1 Å². The van der Waals surface area contributed by atoms with Crippen molar-refractivity contribution >= 4 is 27.3 Å². The molecule has 0 atom stereocenters. The van der Waals surface area contributed by atoms with Gasteiger partial charge in [0.05, 0.1) is 16.0 Å². The molecule has 1 saturated heterocycles. The van der Waals surface area contributed by atoms with Gasteiger partial charge >= 0.3 is 0 Å². The Morgan fingerprint density at radius 3 is 2.23 bits per heavy atom. The number of aromatic nitrogens is 1. The first-order chi connectivity index (χ1) is 14.6. The van der Waals surface area contributed by atoms with E-state index in [2.05, 4.69) is 0 Å². The smallest absolute Gasteiger partial charge is 0.289 e. The van der Waals surface area contributed by atoms with Crippen molar-refractivity contribution in [2.45, 2.75) is 11.4 Å². The summed E-state index contributed by atoms with van der Waals surface area (Å²) in [5.41, 5.74) is -1.46. The maximum Gasteiger partial charge on any atom is 0.289 e. The molecule has 1 aromatic heterocycles. The number of pyridine rings is 1. The SMILES string of the molecule is O=C(Cn1cc([N+](=O)[O-])ccc1=O)N1CCN(S(=O)(=O)c2ccccc2[N+](=O)[O-])CC1. The highest BCUT2D eigenvalue weighted by molar-refractivity contribution is 7.89. The van der Waals surface area contributed by atoms with E-state index in [0.29, 0.717) is 0 Å². The third-order valence-corrected chi connectivity index (χ3v) is 6.70. The molecule has 0 unspecified atom stereocenters. The Labute approximate surface area is 175 Å². The van der Waals surface area contributed by atoms with Crippen LogP contribution in [0.15, 0.2) is 52.3 Å². The van der Waals surface area contributed by atoms with Gasteiger partial charge in [-0.3, -0.25) is 34.4 Å². The summed E-state index contributed by atoms with van der Waals surface area (Å²) in [7, 11) is -4.14. The molecule has 13 nitrogen and oxygen atoms in total. The average molecular weight is 451 g/mol. The maximum atomic E-state index is 12.8. The van der Waals surface area contributed by atoms with Crippen LogP contribution in [0.2, 0.25) is 0 Å². The third kappa shape index (κ3) is 4.59. The molecule has 0 aliphatic carbocycles. The summed E-state index contributed by atoms with van der Waals surface area (Å²) in [5, 5.41) is 22.0. The van der Waals surface area contributed by atoms with Gasteiger partial charge in [-0.2, -0.15) is 4.31 Å². The lowest BCUT2D eigenvalue weighted by atomic mass is 10.3. The number of carbonyl (C=O) groups excluding carboxylic acids is 1. The van der Waals surface area contributed by atoms with Crippen molar-refractivity contribution in [1.82, 2.24) is 13.8 Å². The number of nitrogens with zero attached hydrogens (tertiary/aromatic N) is 5. The van der Waals surface area contributed by atoms with Crippen LogP contribution in [0.4, 0.5) is 11.4 Å². The molecular formula is C17H17N5O8S. The van der Waals surface area contributed by atoms with Gasteiger partial charge < -0.3 is 4.90 Å². The van der Waals surface area contributed by atoms with Gasteiger partial charge in [0.25, 0.3) is 16.9 Å². The number of benzene rings is 1. The molecule has 2 heterocycles. The zero-order valence-electron chi connectivity index (χ0n) is 16.0. The molecule has 14 heteroatoms. The largest absolute Gasteiger partial charge is 0.339 e. The van der Waals surface area contributed by atoms with Crippen LogP contribution in [0.5, 0.6) is 0 Å². The second kappa shape index (κ2) is 8.61. The molecule has 2 aromatic rings. The van der Waals surface area contributed by atoms with Gasteiger partial charge in [0, 0.05) is 44.4 Å². The summed E-state index contributed by atoms with van der Waals surface area (Å²) in [5.74, 6) is -0.509. The average Bonchev–Trinajstić information content (AvgIpc) is 2.75. The predicted molar refractivity (Wildman–Crippen MR) is 106 cm³/mol. The Morgan fingerprint density at radius 1 is 0.968 bits per heavy atom. The highest BCUT2D eigenvalue weighted by atomic mass is 32.2. The van der Waals surface area contributed by atoms with E-state index >= 15 is 0 Å². The van der Waals surface area contributed by atoms with Crippen LogP contribution in [0.1, 0.15) is 0 Å². The Morgan fingerprint density at radius 2 is 1.61 bits per heavy atom. The zero-order valence-corrected chi connectivity index (χ0v) is 16.8. The molecule has 1 amide bonds. The van der Waals surface area contributed by atoms with Crippen LogP contribution in [0.25, 0.3) is 0 Å². The van der Waals surface area contributed by atoms with E-state index < -0.39 is 48.5 Å². The van der Waals surface area contributed by atoms with Crippen molar-refractivity contribution < 1.29 is 23.1 Å². The Bertz CT molecular complexity index is 1200. The molecule has 3 rings (SSSR count). The van der Waals surface area contributed by atoms with Crippen LogP contribution in [-0.4, -0.2) is 64.1 Å². The Kier molecular flexibility index (Phi) is 6.12. The lowest BCUT2D eigenvalue weighted by molar-refractivity contribution is -0.387. The van der Waals surface area contributed by atoms with Gasteiger partial charge in [-0.25, -0.2) is 8.42 Å². The summed E-state index contributed by atoms with van der Waals surface area (Å²) >= 11 is 0. The third-order valence-electron chi connectivity index (χ3n) is 4.76. The van der Waals surface area contributed by atoms with Crippen molar-refractivity contribution in [1.29, 1.82) is 0 Å². The second-order valence-electron chi connectivity index (χ2n) is 6.62. The van der Waals surface area contributed by atoms with Crippen LogP contribution < -0.4 is 5.56 Å². The normalized spacial score (nSPS) is 14.9. The molecule has 31 heavy (non-hydrogen) atoms. The number of sulfonamides is 1. The molecule has 1 aliphatic rings. The number of amides is 1. The number of carbonyl (C=O) groups is 1. The standard InChI is InChI=1S/C17H17N5O8S/c23-16-6-5-13(21(25)26)11-19(16)12-17(24)18-7-9-20(10-8-18)31(29,30)15-4-2-1-3-14(15)22(27)28/h1-6,11H,7-10,12H2. The number of nitro groups is 2. The van der Waals surface area contributed by atoms with Crippen LogP contribution in [-0.2, 0) is 21.4 Å². The van der Waals surface area contributed by atoms with Crippen molar-refractivity contribution in [3.05, 3.63) is 73.2 Å². The van der Waals surface area contributed by atoms with E-state index in [1.54, 1.807) is 0 Å². The van der Waals surface area contributed by atoms with E-state index in [9.17, 15) is 38.2 Å². The van der Waals surface area contributed by atoms with Gasteiger partial charge in [0.15, 0.2) is 4.90 Å².